The number of imidazole rings is 1. The maximum atomic E-state index is 12.6. The van der Waals surface area contributed by atoms with Crippen molar-refractivity contribution in [2.45, 2.75) is 24.3 Å². The van der Waals surface area contributed by atoms with E-state index in [2.05, 4.69) is 16.9 Å². The number of sulfonamides is 1. The number of likely N-dealkylation sites (tertiary alicyclic amines) is 1. The summed E-state index contributed by atoms with van der Waals surface area (Å²) in [7, 11) is 0.479. The maximum Gasteiger partial charge on any atom is 0.262 e. The smallest absolute Gasteiger partial charge is 0.262 e. The van der Waals surface area contributed by atoms with Gasteiger partial charge < -0.3 is 9.47 Å². The summed E-state index contributed by atoms with van der Waals surface area (Å²) >= 11 is 0. The largest absolute Gasteiger partial charge is 0.339 e. The summed E-state index contributed by atoms with van der Waals surface area (Å²) in [6.45, 7) is 3.37. The van der Waals surface area contributed by atoms with Crippen molar-refractivity contribution in [1.29, 1.82) is 0 Å². The van der Waals surface area contributed by atoms with Crippen LogP contribution in [-0.2, 0) is 17.1 Å². The predicted molar refractivity (Wildman–Crippen MR) is 75.7 cm³/mol. The first kappa shape index (κ1) is 14.0. The Morgan fingerprint density at radius 2 is 2.00 bits per heavy atom. The lowest BCUT2D eigenvalue weighted by molar-refractivity contribution is 0.121. The van der Waals surface area contributed by atoms with Gasteiger partial charge in [-0.05, 0) is 38.3 Å². The molecule has 112 valence electrons. The SMILES string of the molecule is CN1CCCC2(CCN(S(=O)(=O)c3cn(C)cn3)C2)C1. The van der Waals surface area contributed by atoms with Crippen molar-refractivity contribution in [1.82, 2.24) is 18.8 Å². The van der Waals surface area contributed by atoms with Crippen molar-refractivity contribution < 1.29 is 8.42 Å². The summed E-state index contributed by atoms with van der Waals surface area (Å²) in [5.74, 6) is 0. The van der Waals surface area contributed by atoms with Crippen molar-refractivity contribution in [3.63, 3.8) is 0 Å². The second kappa shape index (κ2) is 4.82. The molecule has 2 aliphatic heterocycles. The molecule has 1 unspecified atom stereocenters. The van der Waals surface area contributed by atoms with Crippen molar-refractivity contribution >= 4 is 10.0 Å². The number of aromatic nitrogens is 2. The lowest BCUT2D eigenvalue weighted by atomic mass is 9.79. The van der Waals surface area contributed by atoms with Crippen LogP contribution in [0.2, 0.25) is 0 Å². The number of hydrogen-bond donors (Lipinski definition) is 0. The summed E-state index contributed by atoms with van der Waals surface area (Å²) < 4.78 is 28.5. The van der Waals surface area contributed by atoms with Crippen LogP contribution in [0.1, 0.15) is 19.3 Å². The standard InChI is InChI=1S/C13H22N4O2S/c1-15-6-3-4-13(9-15)5-7-17(10-13)20(18,19)12-8-16(2)11-14-12/h8,11H,3-7,9-10H2,1-2H3. The molecule has 2 saturated heterocycles. The number of rotatable bonds is 2. The fourth-order valence-corrected chi connectivity index (χ4v) is 5.06. The van der Waals surface area contributed by atoms with E-state index < -0.39 is 10.0 Å². The molecule has 0 aromatic carbocycles. The Bertz CT molecular complexity index is 597. The number of nitrogens with zero attached hydrogens (tertiary/aromatic N) is 4. The van der Waals surface area contributed by atoms with E-state index in [0.717, 1.165) is 32.4 Å². The molecule has 0 radical (unpaired) electrons. The molecule has 0 N–H and O–H groups in total. The Balaban J connectivity index is 1.80. The van der Waals surface area contributed by atoms with Gasteiger partial charge in [0.05, 0.1) is 6.33 Å². The molecule has 0 amide bonds. The first-order valence-corrected chi connectivity index (χ1v) is 8.52. The second-order valence-electron chi connectivity index (χ2n) is 6.31. The average molecular weight is 298 g/mol. The minimum Gasteiger partial charge on any atom is -0.339 e. The van der Waals surface area contributed by atoms with Gasteiger partial charge in [-0.2, -0.15) is 4.31 Å². The van der Waals surface area contributed by atoms with Gasteiger partial charge in [-0.15, -0.1) is 0 Å². The predicted octanol–water partition coefficient (Wildman–Crippen LogP) is 0.527. The Kier molecular flexibility index (Phi) is 3.38. The quantitative estimate of drug-likeness (QED) is 0.799. The van der Waals surface area contributed by atoms with Gasteiger partial charge in [0.1, 0.15) is 0 Å². The summed E-state index contributed by atoms with van der Waals surface area (Å²) in [5, 5.41) is 0.168. The van der Waals surface area contributed by atoms with E-state index in [0.29, 0.717) is 13.1 Å². The van der Waals surface area contributed by atoms with Crippen LogP contribution < -0.4 is 0 Å². The average Bonchev–Trinajstić information content (AvgIpc) is 2.97. The van der Waals surface area contributed by atoms with Crippen LogP contribution >= 0.6 is 0 Å². The summed E-state index contributed by atoms with van der Waals surface area (Å²) in [5.41, 5.74) is 0.148. The van der Waals surface area contributed by atoms with Crippen LogP contribution in [0.4, 0.5) is 0 Å². The van der Waals surface area contributed by atoms with Crippen LogP contribution in [0.15, 0.2) is 17.6 Å². The van der Waals surface area contributed by atoms with Gasteiger partial charge >= 0.3 is 0 Å². The molecular weight excluding hydrogens is 276 g/mol. The fourth-order valence-electron chi connectivity index (χ4n) is 3.54. The highest BCUT2D eigenvalue weighted by Gasteiger charge is 2.45. The molecule has 0 saturated carbocycles. The summed E-state index contributed by atoms with van der Waals surface area (Å²) in [6.07, 6.45) is 6.36. The minimum atomic E-state index is -3.43. The van der Waals surface area contributed by atoms with E-state index in [4.69, 9.17) is 0 Å². The van der Waals surface area contributed by atoms with Gasteiger partial charge in [0.15, 0.2) is 5.03 Å². The van der Waals surface area contributed by atoms with Gasteiger partial charge in [0.2, 0.25) is 0 Å². The molecule has 0 bridgehead atoms. The number of hydrogen-bond acceptors (Lipinski definition) is 4. The van der Waals surface area contributed by atoms with Gasteiger partial charge in [0.25, 0.3) is 10.0 Å². The summed E-state index contributed by atoms with van der Waals surface area (Å²) in [4.78, 5) is 6.32. The first-order chi connectivity index (χ1) is 9.41. The Hall–Kier alpha value is -0.920. The summed E-state index contributed by atoms with van der Waals surface area (Å²) in [6, 6.07) is 0. The van der Waals surface area contributed by atoms with E-state index in [1.165, 1.54) is 6.33 Å². The van der Waals surface area contributed by atoms with E-state index in [1.54, 1.807) is 22.1 Å². The molecule has 1 spiro atoms. The maximum absolute atomic E-state index is 12.6. The lowest BCUT2D eigenvalue weighted by Gasteiger charge is -2.38. The Morgan fingerprint density at radius 3 is 2.65 bits per heavy atom. The molecule has 20 heavy (non-hydrogen) atoms. The van der Waals surface area contributed by atoms with Crippen molar-refractivity contribution in [3.05, 3.63) is 12.5 Å². The molecule has 7 heteroatoms. The van der Waals surface area contributed by atoms with E-state index in [-0.39, 0.29) is 10.4 Å². The van der Waals surface area contributed by atoms with Crippen LogP contribution in [-0.4, -0.2) is 60.4 Å². The van der Waals surface area contributed by atoms with Gasteiger partial charge in [-0.25, -0.2) is 13.4 Å². The van der Waals surface area contributed by atoms with Gasteiger partial charge in [-0.1, -0.05) is 0 Å². The third-order valence-electron chi connectivity index (χ3n) is 4.54. The third-order valence-corrected chi connectivity index (χ3v) is 6.27. The molecule has 1 aromatic heterocycles. The van der Waals surface area contributed by atoms with E-state index in [1.807, 2.05) is 0 Å². The van der Waals surface area contributed by atoms with Gasteiger partial charge in [0, 0.05) is 32.9 Å². The topological polar surface area (TPSA) is 58.4 Å². The molecule has 2 aliphatic rings. The van der Waals surface area contributed by atoms with E-state index in [9.17, 15) is 8.42 Å². The molecule has 6 nitrogen and oxygen atoms in total. The lowest BCUT2D eigenvalue weighted by Crippen LogP contribution is -2.43. The highest BCUT2D eigenvalue weighted by molar-refractivity contribution is 7.89. The normalized spacial score (nSPS) is 29.3. The van der Waals surface area contributed by atoms with Crippen LogP contribution in [0.3, 0.4) is 0 Å². The third kappa shape index (κ3) is 2.38. The highest BCUT2D eigenvalue weighted by Crippen LogP contribution is 2.40. The van der Waals surface area contributed by atoms with Crippen LogP contribution in [0, 0.1) is 5.41 Å². The zero-order valence-electron chi connectivity index (χ0n) is 12.1. The van der Waals surface area contributed by atoms with Crippen molar-refractivity contribution in [3.8, 4) is 0 Å². The molecule has 3 heterocycles. The molecule has 0 aliphatic carbocycles. The molecule has 1 atom stereocenters. The Morgan fingerprint density at radius 1 is 1.20 bits per heavy atom. The molecule has 2 fully saturated rings. The molecular formula is C13H22N4O2S. The Labute approximate surface area is 120 Å². The number of piperidine rings is 1. The van der Waals surface area contributed by atoms with Crippen LogP contribution in [0.25, 0.3) is 0 Å². The second-order valence-corrected chi connectivity index (χ2v) is 8.19. The zero-order valence-corrected chi connectivity index (χ0v) is 12.9. The van der Waals surface area contributed by atoms with Gasteiger partial charge in [-0.3, -0.25) is 0 Å². The first-order valence-electron chi connectivity index (χ1n) is 7.08. The van der Waals surface area contributed by atoms with Crippen molar-refractivity contribution in [2.75, 3.05) is 33.2 Å². The van der Waals surface area contributed by atoms with Crippen LogP contribution in [0.5, 0.6) is 0 Å². The fraction of sp³-hybridized carbons (Fsp3) is 0.769. The molecule has 3 rings (SSSR count). The molecule has 1 aromatic rings. The minimum absolute atomic E-state index is 0.148. The highest BCUT2D eigenvalue weighted by atomic mass is 32.2. The van der Waals surface area contributed by atoms with Crippen molar-refractivity contribution in [2.24, 2.45) is 12.5 Å². The van der Waals surface area contributed by atoms with E-state index >= 15 is 0 Å². The zero-order chi connectivity index (χ0) is 14.4. The number of aryl methyl sites for hydroxylation is 1. The monoisotopic (exact) mass is 298 g/mol.